The van der Waals surface area contributed by atoms with Gasteiger partial charge in [-0.2, -0.15) is 0 Å². The van der Waals surface area contributed by atoms with Crippen molar-refractivity contribution in [3.63, 3.8) is 0 Å². The molecule has 148 valence electrons. The predicted octanol–water partition coefficient (Wildman–Crippen LogP) is 5.22. The van der Waals surface area contributed by atoms with E-state index in [9.17, 15) is 0 Å². The Morgan fingerprint density at radius 1 is 0.931 bits per heavy atom. The molecule has 3 heteroatoms. The van der Waals surface area contributed by atoms with Crippen LogP contribution in [0.3, 0.4) is 0 Å². The van der Waals surface area contributed by atoms with Gasteiger partial charge in [0, 0.05) is 37.8 Å². The summed E-state index contributed by atoms with van der Waals surface area (Å²) in [6, 6.07) is 26.0. The van der Waals surface area contributed by atoms with E-state index in [2.05, 4.69) is 83.0 Å². The molecule has 29 heavy (non-hydrogen) atoms. The number of benzene rings is 3. The fourth-order valence-electron chi connectivity index (χ4n) is 4.59. The second kappa shape index (κ2) is 8.30. The summed E-state index contributed by atoms with van der Waals surface area (Å²) in [5.74, 6) is 1.55. The molecule has 0 aromatic heterocycles. The summed E-state index contributed by atoms with van der Waals surface area (Å²) in [4.78, 5) is 2.53. The van der Waals surface area contributed by atoms with Gasteiger partial charge in [-0.25, -0.2) is 0 Å². The Kier molecular flexibility index (Phi) is 5.23. The van der Waals surface area contributed by atoms with Gasteiger partial charge in [-0.3, -0.25) is 4.90 Å². The average molecular weight is 385 g/mol. The van der Waals surface area contributed by atoms with Crippen LogP contribution in [0, 0.1) is 0 Å². The molecule has 1 N–H and O–H groups in total. The Hall–Kier alpha value is -2.78. The van der Waals surface area contributed by atoms with Crippen molar-refractivity contribution in [2.24, 2.45) is 0 Å². The number of hydrogen-bond acceptors (Lipinski definition) is 3. The molecule has 2 heterocycles. The molecule has 0 aliphatic carbocycles. The highest BCUT2D eigenvalue weighted by Crippen LogP contribution is 2.33. The summed E-state index contributed by atoms with van der Waals surface area (Å²) in [5, 5.41) is 3.50. The quantitative estimate of drug-likeness (QED) is 0.630. The summed E-state index contributed by atoms with van der Waals surface area (Å²) < 4.78 is 6.16. The topological polar surface area (TPSA) is 24.5 Å². The van der Waals surface area contributed by atoms with Crippen molar-refractivity contribution in [2.45, 2.75) is 31.8 Å². The lowest BCUT2D eigenvalue weighted by Crippen LogP contribution is -2.30. The van der Waals surface area contributed by atoms with Gasteiger partial charge in [0.1, 0.15) is 5.75 Å². The minimum Gasteiger partial charge on any atom is -0.494 e. The number of ether oxygens (including phenoxy) is 1. The minimum absolute atomic E-state index is 0.546. The Morgan fingerprint density at radius 2 is 1.79 bits per heavy atom. The van der Waals surface area contributed by atoms with Gasteiger partial charge >= 0.3 is 0 Å². The molecule has 3 aromatic carbocycles. The molecule has 2 aliphatic rings. The third kappa shape index (κ3) is 4.15. The monoisotopic (exact) mass is 384 g/mol. The van der Waals surface area contributed by atoms with E-state index in [0.717, 1.165) is 51.4 Å². The summed E-state index contributed by atoms with van der Waals surface area (Å²) in [6.45, 7) is 4.91. The SMILES string of the molecule is c1ccc(CN2CCc3ccc(OCCC4CNc5ccccc54)cc3C2)cc1. The zero-order valence-corrected chi connectivity index (χ0v) is 16.8. The predicted molar refractivity (Wildman–Crippen MR) is 118 cm³/mol. The van der Waals surface area contributed by atoms with Crippen molar-refractivity contribution in [3.05, 3.63) is 95.1 Å². The number of para-hydroxylation sites is 1. The van der Waals surface area contributed by atoms with Crippen molar-refractivity contribution in [2.75, 3.05) is 25.0 Å². The second-order valence-electron chi connectivity index (χ2n) is 8.18. The van der Waals surface area contributed by atoms with E-state index in [-0.39, 0.29) is 0 Å². The lowest BCUT2D eigenvalue weighted by molar-refractivity contribution is 0.244. The van der Waals surface area contributed by atoms with Crippen LogP contribution in [0.1, 0.15) is 34.6 Å². The maximum absolute atomic E-state index is 6.16. The summed E-state index contributed by atoms with van der Waals surface area (Å²) in [6.07, 6.45) is 2.16. The van der Waals surface area contributed by atoms with Crippen molar-refractivity contribution in [3.8, 4) is 5.75 Å². The van der Waals surface area contributed by atoms with Crippen LogP contribution in [0.5, 0.6) is 5.75 Å². The van der Waals surface area contributed by atoms with E-state index in [1.54, 1.807) is 0 Å². The van der Waals surface area contributed by atoms with E-state index >= 15 is 0 Å². The van der Waals surface area contributed by atoms with Gasteiger partial charge in [0.05, 0.1) is 6.61 Å². The van der Waals surface area contributed by atoms with E-state index in [0.29, 0.717) is 5.92 Å². The Balaban J connectivity index is 1.18. The number of nitrogens with zero attached hydrogens (tertiary/aromatic N) is 1. The molecular weight excluding hydrogens is 356 g/mol. The molecular formula is C26H28N2O. The lowest BCUT2D eigenvalue weighted by Gasteiger charge is -2.29. The van der Waals surface area contributed by atoms with Gasteiger partial charge in [-0.1, -0.05) is 54.6 Å². The first-order valence-corrected chi connectivity index (χ1v) is 10.7. The standard InChI is InChI=1S/C26H28N2O/c1-2-6-20(7-3-1)18-28-14-12-21-10-11-24(16-23(21)19-28)29-15-13-22-17-27-26-9-5-4-8-25(22)26/h1-11,16,22,27H,12-15,17-19H2. The third-order valence-electron chi connectivity index (χ3n) is 6.19. The molecule has 0 fully saturated rings. The zero-order chi connectivity index (χ0) is 19.5. The summed E-state index contributed by atoms with van der Waals surface area (Å²) in [5.41, 5.74) is 6.98. The van der Waals surface area contributed by atoms with Gasteiger partial charge in [0.2, 0.25) is 0 Å². The number of hydrogen-bond donors (Lipinski definition) is 1. The van der Waals surface area contributed by atoms with Crippen LogP contribution in [0.15, 0.2) is 72.8 Å². The fraction of sp³-hybridized carbons (Fsp3) is 0.308. The van der Waals surface area contributed by atoms with Gasteiger partial charge < -0.3 is 10.1 Å². The molecule has 2 aliphatic heterocycles. The van der Waals surface area contributed by atoms with Crippen molar-refractivity contribution in [1.82, 2.24) is 4.90 Å². The van der Waals surface area contributed by atoms with E-state index < -0.39 is 0 Å². The molecule has 0 spiro atoms. The molecule has 0 saturated heterocycles. The van der Waals surface area contributed by atoms with Crippen LogP contribution in [-0.4, -0.2) is 24.6 Å². The molecule has 0 radical (unpaired) electrons. The molecule has 0 saturated carbocycles. The van der Waals surface area contributed by atoms with Crippen LogP contribution in [-0.2, 0) is 19.5 Å². The summed E-state index contributed by atoms with van der Waals surface area (Å²) in [7, 11) is 0. The lowest BCUT2D eigenvalue weighted by atomic mass is 9.98. The largest absolute Gasteiger partial charge is 0.494 e. The van der Waals surface area contributed by atoms with Gasteiger partial charge in [0.15, 0.2) is 0 Å². The van der Waals surface area contributed by atoms with Crippen molar-refractivity contribution < 1.29 is 4.74 Å². The molecule has 0 amide bonds. The zero-order valence-electron chi connectivity index (χ0n) is 16.8. The minimum atomic E-state index is 0.546. The van der Waals surface area contributed by atoms with E-state index in [4.69, 9.17) is 4.74 Å². The molecule has 3 nitrogen and oxygen atoms in total. The Morgan fingerprint density at radius 3 is 2.72 bits per heavy atom. The number of rotatable bonds is 6. The highest BCUT2D eigenvalue weighted by Gasteiger charge is 2.21. The van der Waals surface area contributed by atoms with Crippen LogP contribution in [0.2, 0.25) is 0 Å². The van der Waals surface area contributed by atoms with Crippen LogP contribution < -0.4 is 10.1 Å². The maximum atomic E-state index is 6.16. The van der Waals surface area contributed by atoms with E-state index in [1.165, 1.54) is 27.9 Å². The molecule has 5 rings (SSSR count). The highest BCUT2D eigenvalue weighted by atomic mass is 16.5. The van der Waals surface area contributed by atoms with Crippen LogP contribution >= 0.6 is 0 Å². The third-order valence-corrected chi connectivity index (χ3v) is 6.19. The van der Waals surface area contributed by atoms with Gasteiger partial charge in [0.25, 0.3) is 0 Å². The Bertz CT molecular complexity index is 969. The average Bonchev–Trinajstić information content (AvgIpc) is 3.17. The molecule has 1 unspecified atom stereocenters. The molecule has 0 bridgehead atoms. The number of fused-ring (bicyclic) bond motifs is 2. The molecule has 1 atom stereocenters. The maximum Gasteiger partial charge on any atom is 0.119 e. The van der Waals surface area contributed by atoms with E-state index in [1.807, 2.05) is 0 Å². The number of nitrogens with one attached hydrogen (secondary N) is 1. The first-order chi connectivity index (χ1) is 14.3. The molecule has 3 aromatic rings. The van der Waals surface area contributed by atoms with Crippen LogP contribution in [0.25, 0.3) is 0 Å². The van der Waals surface area contributed by atoms with Crippen molar-refractivity contribution in [1.29, 1.82) is 0 Å². The smallest absolute Gasteiger partial charge is 0.119 e. The van der Waals surface area contributed by atoms with Gasteiger partial charge in [-0.05, 0) is 53.3 Å². The summed E-state index contributed by atoms with van der Waals surface area (Å²) >= 11 is 0. The number of anilines is 1. The first kappa shape index (κ1) is 18.3. The second-order valence-corrected chi connectivity index (χ2v) is 8.18. The normalized spacial score (nSPS) is 18.0. The van der Waals surface area contributed by atoms with Gasteiger partial charge in [-0.15, -0.1) is 0 Å². The highest BCUT2D eigenvalue weighted by molar-refractivity contribution is 5.57. The first-order valence-electron chi connectivity index (χ1n) is 10.7. The Labute approximate surface area is 173 Å². The fourth-order valence-corrected chi connectivity index (χ4v) is 4.59. The van der Waals surface area contributed by atoms with Crippen molar-refractivity contribution >= 4 is 5.69 Å². The van der Waals surface area contributed by atoms with Crippen LogP contribution in [0.4, 0.5) is 5.69 Å².